The van der Waals surface area contributed by atoms with E-state index in [2.05, 4.69) is 30.2 Å². The minimum Gasteiger partial charge on any atom is -0.478 e. The molecule has 4 aliphatic carbocycles. The Balaban J connectivity index is 1.10. The van der Waals surface area contributed by atoms with Crippen molar-refractivity contribution in [3.63, 3.8) is 0 Å². The molecule has 0 spiro atoms. The van der Waals surface area contributed by atoms with Crippen LogP contribution in [0, 0.1) is 30.1 Å². The number of carboxylic acids is 1. The Labute approximate surface area is 249 Å². The highest BCUT2D eigenvalue weighted by Crippen LogP contribution is 2.58. The molecule has 4 bridgehead atoms. The molecular weight excluding hydrogens is 540 g/mol. The van der Waals surface area contributed by atoms with E-state index >= 15 is 0 Å². The second kappa shape index (κ2) is 10.00. The lowest BCUT2D eigenvalue weighted by Gasteiger charge is -2.48. The Hall–Kier alpha value is -4.60. The number of carbonyl (C=O) groups is 1. The molecule has 0 aromatic carbocycles. The van der Waals surface area contributed by atoms with E-state index in [0.29, 0.717) is 39.6 Å². The normalized spacial score (nSPS) is 24.3. The first-order valence-electron chi connectivity index (χ1n) is 15.2. The molecule has 4 fully saturated rings. The first kappa shape index (κ1) is 26.1. The van der Waals surface area contributed by atoms with Crippen LogP contribution in [-0.4, -0.2) is 45.4 Å². The summed E-state index contributed by atoms with van der Waals surface area (Å²) in [7, 11) is 0. The minimum absolute atomic E-state index is 0.151. The SMILES string of the molecule is Cc1cc(-c2cnc3c(C(=O)O)c(-c4cnn(CC56CC7CCC(CC(C7)C5)C6)c4)ccn23)nnc1Nc1ccccn1. The molecule has 5 aromatic heterocycles. The molecule has 9 rings (SSSR count). The Bertz CT molecular complexity index is 1830. The summed E-state index contributed by atoms with van der Waals surface area (Å²) in [4.78, 5) is 21.5. The van der Waals surface area contributed by atoms with Crippen LogP contribution in [-0.2, 0) is 6.54 Å². The molecule has 4 aliphatic rings. The van der Waals surface area contributed by atoms with Gasteiger partial charge < -0.3 is 10.4 Å². The third-order valence-electron chi connectivity index (χ3n) is 9.98. The Morgan fingerprint density at radius 1 is 1.05 bits per heavy atom. The van der Waals surface area contributed by atoms with Crippen molar-refractivity contribution < 1.29 is 9.90 Å². The van der Waals surface area contributed by atoms with Crippen molar-refractivity contribution >= 4 is 23.3 Å². The van der Waals surface area contributed by atoms with Gasteiger partial charge >= 0.3 is 5.97 Å². The lowest BCUT2D eigenvalue weighted by Crippen LogP contribution is -2.40. The number of aromatic carboxylic acids is 1. The number of hydrogen-bond acceptors (Lipinski definition) is 7. The van der Waals surface area contributed by atoms with E-state index < -0.39 is 5.97 Å². The van der Waals surface area contributed by atoms with Crippen LogP contribution in [0.3, 0.4) is 0 Å². The molecule has 0 radical (unpaired) electrons. The number of rotatable bonds is 7. The van der Waals surface area contributed by atoms with Crippen molar-refractivity contribution in [2.24, 2.45) is 23.2 Å². The predicted octanol–water partition coefficient (Wildman–Crippen LogP) is 6.41. The third-order valence-corrected chi connectivity index (χ3v) is 9.98. The van der Waals surface area contributed by atoms with Crippen molar-refractivity contribution in [1.29, 1.82) is 0 Å². The van der Waals surface area contributed by atoms with Gasteiger partial charge in [0.1, 0.15) is 17.1 Å². The summed E-state index contributed by atoms with van der Waals surface area (Å²) >= 11 is 0. The molecule has 0 amide bonds. The van der Waals surface area contributed by atoms with Gasteiger partial charge in [0.2, 0.25) is 0 Å². The number of aromatic nitrogens is 7. The van der Waals surface area contributed by atoms with E-state index in [1.807, 2.05) is 49.6 Å². The van der Waals surface area contributed by atoms with Crippen LogP contribution in [0.5, 0.6) is 0 Å². The highest BCUT2D eigenvalue weighted by atomic mass is 16.4. The zero-order valence-electron chi connectivity index (χ0n) is 24.1. The van der Waals surface area contributed by atoms with Gasteiger partial charge in [0, 0.05) is 36.3 Å². The van der Waals surface area contributed by atoms with Gasteiger partial charge in [-0.3, -0.25) is 9.08 Å². The van der Waals surface area contributed by atoms with E-state index in [1.54, 1.807) is 23.0 Å². The number of carboxylic acid groups (broad SMARTS) is 1. The number of imidazole rings is 1. The molecule has 10 heteroatoms. The summed E-state index contributed by atoms with van der Waals surface area (Å²) < 4.78 is 3.83. The number of hydrogen-bond donors (Lipinski definition) is 2. The second-order valence-corrected chi connectivity index (χ2v) is 13.0. The number of nitrogens with one attached hydrogen (secondary N) is 1. The molecule has 2 atom stereocenters. The molecule has 2 unspecified atom stereocenters. The van der Waals surface area contributed by atoms with Crippen LogP contribution >= 0.6 is 0 Å². The molecule has 2 N–H and O–H groups in total. The topological polar surface area (TPSA) is 123 Å². The van der Waals surface area contributed by atoms with Crippen molar-refractivity contribution in [3.05, 3.63) is 72.4 Å². The summed E-state index contributed by atoms with van der Waals surface area (Å²) in [6.45, 7) is 2.86. The maximum Gasteiger partial charge on any atom is 0.340 e. The van der Waals surface area contributed by atoms with Gasteiger partial charge in [0.15, 0.2) is 11.5 Å². The van der Waals surface area contributed by atoms with Gasteiger partial charge in [-0.15, -0.1) is 10.2 Å². The predicted molar refractivity (Wildman–Crippen MR) is 162 cm³/mol. The van der Waals surface area contributed by atoms with Crippen LogP contribution in [0.1, 0.15) is 60.9 Å². The first-order valence-corrected chi connectivity index (χ1v) is 15.2. The average Bonchev–Trinajstić information content (AvgIpc) is 3.57. The fourth-order valence-electron chi connectivity index (χ4n) is 8.48. The molecule has 218 valence electrons. The summed E-state index contributed by atoms with van der Waals surface area (Å²) in [5.74, 6) is 2.84. The monoisotopic (exact) mass is 574 g/mol. The Morgan fingerprint density at radius 3 is 2.60 bits per heavy atom. The van der Waals surface area contributed by atoms with E-state index in [4.69, 9.17) is 5.10 Å². The van der Waals surface area contributed by atoms with Gasteiger partial charge in [0.05, 0.1) is 18.1 Å². The van der Waals surface area contributed by atoms with Crippen LogP contribution in [0.15, 0.2) is 61.3 Å². The maximum atomic E-state index is 12.6. The summed E-state index contributed by atoms with van der Waals surface area (Å²) in [5.41, 5.74) is 4.39. The maximum absolute atomic E-state index is 12.6. The van der Waals surface area contributed by atoms with Crippen molar-refractivity contribution in [2.45, 2.75) is 58.4 Å². The van der Waals surface area contributed by atoms with E-state index in [9.17, 15) is 9.90 Å². The Morgan fingerprint density at radius 2 is 1.86 bits per heavy atom. The first-order chi connectivity index (χ1) is 20.9. The van der Waals surface area contributed by atoms with Gasteiger partial charge in [0.25, 0.3) is 0 Å². The van der Waals surface area contributed by atoms with Crippen LogP contribution < -0.4 is 5.32 Å². The van der Waals surface area contributed by atoms with Crippen LogP contribution in [0.25, 0.3) is 28.2 Å². The average molecular weight is 575 g/mol. The quantitative estimate of drug-likeness (QED) is 0.229. The zero-order chi connectivity index (χ0) is 29.1. The Kier molecular flexibility index (Phi) is 6.06. The molecule has 4 saturated carbocycles. The van der Waals surface area contributed by atoms with Crippen LogP contribution in [0.2, 0.25) is 0 Å². The highest BCUT2D eigenvalue weighted by molar-refractivity contribution is 6.02. The molecule has 10 nitrogen and oxygen atoms in total. The zero-order valence-corrected chi connectivity index (χ0v) is 24.1. The molecule has 5 aromatic rings. The van der Waals surface area contributed by atoms with Gasteiger partial charge in [-0.1, -0.05) is 18.9 Å². The highest BCUT2D eigenvalue weighted by Gasteiger charge is 2.48. The van der Waals surface area contributed by atoms with Crippen molar-refractivity contribution in [3.8, 4) is 22.5 Å². The van der Waals surface area contributed by atoms with Crippen molar-refractivity contribution in [2.75, 3.05) is 5.32 Å². The number of anilines is 2. The van der Waals surface area contributed by atoms with Gasteiger partial charge in [-0.2, -0.15) is 5.10 Å². The molecular formula is C33H34N8O2. The molecule has 0 saturated heterocycles. The minimum atomic E-state index is -1.03. The van der Waals surface area contributed by atoms with Gasteiger partial charge in [-0.05, 0) is 92.0 Å². The summed E-state index contributed by atoms with van der Waals surface area (Å²) in [6.07, 6.45) is 18.6. The molecule has 5 heterocycles. The summed E-state index contributed by atoms with van der Waals surface area (Å²) in [6, 6.07) is 9.36. The standard InChI is InChI=1S/C33H34N8O2/c1-20-10-26(38-39-30(20)37-28-4-2-3-8-34-28)27-17-35-31-29(32(42)43)25(7-9-41(27)31)24-16-36-40(18-24)19-33-13-21-5-6-22(14-33)12-23(11-21)15-33/h2-4,7-10,16-18,21-23H,5-6,11-15,19H2,1H3,(H,42,43)(H,34,37,39). The van der Waals surface area contributed by atoms with Crippen molar-refractivity contribution in [1.82, 2.24) is 34.3 Å². The van der Waals surface area contributed by atoms with E-state index in [-0.39, 0.29) is 5.56 Å². The number of nitrogens with zero attached hydrogens (tertiary/aromatic N) is 7. The summed E-state index contributed by atoms with van der Waals surface area (Å²) in [5, 5.41) is 27.1. The smallest absolute Gasteiger partial charge is 0.340 e. The molecule has 43 heavy (non-hydrogen) atoms. The molecule has 0 aliphatic heterocycles. The largest absolute Gasteiger partial charge is 0.478 e. The second-order valence-electron chi connectivity index (χ2n) is 13.0. The number of fused-ring (bicyclic) bond motifs is 2. The van der Waals surface area contributed by atoms with Crippen LogP contribution in [0.4, 0.5) is 11.6 Å². The lowest BCUT2D eigenvalue weighted by molar-refractivity contribution is 0.0174. The lowest BCUT2D eigenvalue weighted by atomic mass is 9.58. The van der Waals surface area contributed by atoms with E-state index in [0.717, 1.165) is 35.4 Å². The fraction of sp³-hybridized carbons (Fsp3) is 0.394. The number of aryl methyl sites for hydroxylation is 1. The van der Waals surface area contributed by atoms with E-state index in [1.165, 1.54) is 44.9 Å². The van der Waals surface area contributed by atoms with Gasteiger partial charge in [-0.25, -0.2) is 14.8 Å². The fourth-order valence-corrected chi connectivity index (χ4v) is 8.48. The third kappa shape index (κ3) is 4.65. The number of pyridine rings is 2.